The number of pyridine rings is 1. The van der Waals surface area contributed by atoms with Crippen LogP contribution in [0.1, 0.15) is 21.7 Å². The fourth-order valence-electron chi connectivity index (χ4n) is 3.51. The van der Waals surface area contributed by atoms with E-state index in [0.29, 0.717) is 5.69 Å². The molecule has 0 spiro atoms. The first-order valence-corrected chi connectivity index (χ1v) is 8.78. The summed E-state index contributed by atoms with van der Waals surface area (Å²) in [5.74, 6) is 0.360. The molecule has 3 heterocycles. The van der Waals surface area contributed by atoms with E-state index < -0.39 is 5.91 Å². The van der Waals surface area contributed by atoms with E-state index in [9.17, 15) is 4.79 Å². The number of carbonyl (C=O) groups excluding carboxylic acids is 1. The summed E-state index contributed by atoms with van der Waals surface area (Å²) < 4.78 is 2.15. The molecule has 2 N–H and O–H groups in total. The maximum Gasteiger partial charge on any atom is 0.269 e. The lowest BCUT2D eigenvalue weighted by Crippen LogP contribution is -2.26. The number of fused-ring (bicyclic) bond motifs is 1. The van der Waals surface area contributed by atoms with Gasteiger partial charge < -0.3 is 10.3 Å². The van der Waals surface area contributed by atoms with E-state index in [2.05, 4.69) is 19.4 Å². The van der Waals surface area contributed by atoms with Gasteiger partial charge >= 0.3 is 0 Å². The van der Waals surface area contributed by atoms with E-state index in [1.54, 1.807) is 0 Å². The van der Waals surface area contributed by atoms with Crippen molar-refractivity contribution in [3.63, 3.8) is 0 Å². The average Bonchev–Trinajstić information content (AvgIpc) is 2.92. The summed E-state index contributed by atoms with van der Waals surface area (Å²) >= 11 is 0. The fraction of sp³-hybridized carbons (Fsp3) is 0.250. The molecule has 3 aromatic rings. The molecule has 1 aliphatic rings. The summed E-state index contributed by atoms with van der Waals surface area (Å²) in [6.45, 7) is 3.41. The molecule has 0 bridgehead atoms. The SMILES string of the molecule is NC(=O)c1nc(-c2ccccc2)n2c1CCN(Cc1ccncc1)CC2. The molecular formula is C20H21N5O. The number of carbonyl (C=O) groups is 1. The second kappa shape index (κ2) is 7.09. The Morgan fingerprint density at radius 1 is 1.04 bits per heavy atom. The molecule has 0 fully saturated rings. The summed E-state index contributed by atoms with van der Waals surface area (Å²) in [6, 6.07) is 14.0. The first kappa shape index (κ1) is 16.5. The topological polar surface area (TPSA) is 77.0 Å². The zero-order valence-electron chi connectivity index (χ0n) is 14.5. The van der Waals surface area contributed by atoms with Gasteiger partial charge in [0.25, 0.3) is 5.91 Å². The Morgan fingerprint density at radius 3 is 2.54 bits per heavy atom. The average molecular weight is 347 g/mol. The van der Waals surface area contributed by atoms with Crippen molar-refractivity contribution >= 4 is 5.91 Å². The molecular weight excluding hydrogens is 326 g/mol. The zero-order valence-corrected chi connectivity index (χ0v) is 14.5. The number of aromatic nitrogens is 3. The van der Waals surface area contributed by atoms with E-state index >= 15 is 0 Å². The number of rotatable bonds is 4. The second-order valence-electron chi connectivity index (χ2n) is 6.49. The highest BCUT2D eigenvalue weighted by atomic mass is 16.1. The third-order valence-corrected chi connectivity index (χ3v) is 4.80. The van der Waals surface area contributed by atoms with Gasteiger partial charge in [0.05, 0.1) is 5.69 Å². The van der Waals surface area contributed by atoms with Crippen molar-refractivity contribution in [2.45, 2.75) is 19.5 Å². The van der Waals surface area contributed by atoms with Crippen LogP contribution < -0.4 is 5.73 Å². The van der Waals surface area contributed by atoms with E-state index in [0.717, 1.165) is 49.7 Å². The Bertz CT molecular complexity index is 905. The van der Waals surface area contributed by atoms with Crippen LogP contribution in [0, 0.1) is 0 Å². The molecule has 132 valence electrons. The molecule has 0 unspecified atom stereocenters. The number of nitrogens with two attached hydrogens (primary N) is 1. The Labute approximate surface area is 152 Å². The lowest BCUT2D eigenvalue weighted by molar-refractivity contribution is 0.0995. The maximum atomic E-state index is 11.9. The highest BCUT2D eigenvalue weighted by molar-refractivity contribution is 5.93. The van der Waals surface area contributed by atoms with Crippen LogP contribution >= 0.6 is 0 Å². The van der Waals surface area contributed by atoms with E-state index in [1.807, 2.05) is 54.9 Å². The van der Waals surface area contributed by atoms with Crippen molar-refractivity contribution in [2.75, 3.05) is 13.1 Å². The van der Waals surface area contributed by atoms with Gasteiger partial charge in [-0.15, -0.1) is 0 Å². The van der Waals surface area contributed by atoms with Gasteiger partial charge in [-0.25, -0.2) is 4.98 Å². The summed E-state index contributed by atoms with van der Waals surface area (Å²) in [5, 5.41) is 0. The molecule has 4 rings (SSSR count). The summed E-state index contributed by atoms with van der Waals surface area (Å²) in [7, 11) is 0. The Morgan fingerprint density at radius 2 is 1.81 bits per heavy atom. The first-order chi connectivity index (χ1) is 12.7. The standard InChI is InChI=1S/C20H21N5O/c21-19(26)18-17-8-11-24(14-15-6-9-22-10-7-15)12-13-25(17)20(23-18)16-4-2-1-3-5-16/h1-7,9-10H,8,11-14H2,(H2,21,26). The van der Waals surface area contributed by atoms with Crippen LogP contribution in [-0.4, -0.2) is 38.4 Å². The molecule has 26 heavy (non-hydrogen) atoms. The molecule has 0 atom stereocenters. The van der Waals surface area contributed by atoms with Gasteiger partial charge in [0, 0.05) is 50.6 Å². The lowest BCUT2D eigenvalue weighted by Gasteiger charge is -2.19. The van der Waals surface area contributed by atoms with Gasteiger partial charge in [-0.05, 0) is 17.7 Å². The van der Waals surface area contributed by atoms with Gasteiger partial charge in [-0.3, -0.25) is 14.7 Å². The monoisotopic (exact) mass is 347 g/mol. The third-order valence-electron chi connectivity index (χ3n) is 4.80. The molecule has 1 aromatic carbocycles. The minimum atomic E-state index is -0.460. The highest BCUT2D eigenvalue weighted by Crippen LogP contribution is 2.25. The van der Waals surface area contributed by atoms with Gasteiger partial charge in [0.1, 0.15) is 11.5 Å². The normalized spacial score (nSPS) is 14.6. The van der Waals surface area contributed by atoms with Crippen LogP contribution in [0.3, 0.4) is 0 Å². The van der Waals surface area contributed by atoms with Crippen LogP contribution in [0.4, 0.5) is 0 Å². The number of nitrogens with zero attached hydrogens (tertiary/aromatic N) is 4. The first-order valence-electron chi connectivity index (χ1n) is 8.78. The van der Waals surface area contributed by atoms with Gasteiger partial charge in [-0.1, -0.05) is 30.3 Å². The number of hydrogen-bond donors (Lipinski definition) is 1. The Kier molecular flexibility index (Phi) is 4.50. The summed E-state index contributed by atoms with van der Waals surface area (Å²) in [6.07, 6.45) is 4.39. The van der Waals surface area contributed by atoms with Gasteiger partial charge in [-0.2, -0.15) is 0 Å². The smallest absolute Gasteiger partial charge is 0.269 e. The van der Waals surface area contributed by atoms with Crippen LogP contribution in [0.15, 0.2) is 54.9 Å². The number of primary amides is 1. The number of imidazole rings is 1. The van der Waals surface area contributed by atoms with E-state index in [-0.39, 0.29) is 0 Å². The quantitative estimate of drug-likeness (QED) is 0.784. The van der Waals surface area contributed by atoms with Crippen molar-refractivity contribution in [1.82, 2.24) is 19.4 Å². The minimum Gasteiger partial charge on any atom is -0.364 e. The molecule has 0 radical (unpaired) electrons. The molecule has 0 saturated carbocycles. The molecule has 2 aromatic heterocycles. The predicted octanol–water partition coefficient (Wildman–Crippen LogP) is 2.10. The maximum absolute atomic E-state index is 11.9. The predicted molar refractivity (Wildman–Crippen MR) is 99.4 cm³/mol. The van der Waals surface area contributed by atoms with Gasteiger partial charge in [0.2, 0.25) is 0 Å². The highest BCUT2D eigenvalue weighted by Gasteiger charge is 2.24. The molecule has 6 nitrogen and oxygen atoms in total. The van der Waals surface area contributed by atoms with Crippen molar-refractivity contribution in [2.24, 2.45) is 5.73 Å². The van der Waals surface area contributed by atoms with Crippen LogP contribution in [0.2, 0.25) is 0 Å². The summed E-state index contributed by atoms with van der Waals surface area (Å²) in [4.78, 5) is 23.0. The van der Waals surface area contributed by atoms with E-state index in [4.69, 9.17) is 5.73 Å². The number of amides is 1. The van der Waals surface area contributed by atoms with E-state index in [1.165, 1.54) is 5.56 Å². The summed E-state index contributed by atoms with van der Waals surface area (Å²) in [5.41, 5.74) is 9.18. The number of benzene rings is 1. The Hall–Kier alpha value is -2.99. The van der Waals surface area contributed by atoms with Crippen LogP contribution in [0.25, 0.3) is 11.4 Å². The molecule has 0 aliphatic carbocycles. The van der Waals surface area contributed by atoms with Crippen molar-refractivity contribution < 1.29 is 4.79 Å². The van der Waals surface area contributed by atoms with Crippen LogP contribution in [0.5, 0.6) is 0 Å². The van der Waals surface area contributed by atoms with Gasteiger partial charge in [0.15, 0.2) is 0 Å². The molecule has 1 amide bonds. The third kappa shape index (κ3) is 3.23. The largest absolute Gasteiger partial charge is 0.364 e. The molecule has 6 heteroatoms. The lowest BCUT2D eigenvalue weighted by atomic mass is 10.2. The Balaban J connectivity index is 1.64. The van der Waals surface area contributed by atoms with Crippen molar-refractivity contribution in [1.29, 1.82) is 0 Å². The molecule has 1 aliphatic heterocycles. The molecule has 0 saturated heterocycles. The minimum absolute atomic E-state index is 0.398. The zero-order chi connectivity index (χ0) is 17.9. The van der Waals surface area contributed by atoms with Crippen LogP contribution in [-0.2, 0) is 19.5 Å². The van der Waals surface area contributed by atoms with Crippen molar-refractivity contribution in [3.8, 4) is 11.4 Å². The second-order valence-corrected chi connectivity index (χ2v) is 6.49. The van der Waals surface area contributed by atoms with Crippen molar-refractivity contribution in [3.05, 3.63) is 71.8 Å². The fourth-order valence-corrected chi connectivity index (χ4v) is 3.51. The number of hydrogen-bond acceptors (Lipinski definition) is 4.